The highest BCUT2D eigenvalue weighted by Gasteiger charge is 2.33. The molecule has 1 aromatic rings. The Morgan fingerprint density at radius 3 is 2.38 bits per heavy atom. The van der Waals surface area contributed by atoms with Crippen LogP contribution >= 0.6 is 0 Å². The van der Waals surface area contributed by atoms with Crippen LogP contribution in [0.1, 0.15) is 43.1 Å². The number of hydrogen-bond acceptors (Lipinski definition) is 4. The zero-order chi connectivity index (χ0) is 18.2. The highest BCUT2D eigenvalue weighted by Crippen LogP contribution is 2.08. The van der Waals surface area contributed by atoms with E-state index in [1.165, 1.54) is 5.48 Å². The van der Waals surface area contributed by atoms with Crippen molar-refractivity contribution >= 4 is 11.8 Å². The minimum Gasteiger partial charge on any atom is -0.338 e. The van der Waals surface area contributed by atoms with Gasteiger partial charge in [-0.05, 0) is 50.0 Å². The molecule has 126 valence electrons. The molecule has 0 bridgehead atoms. The molecule has 24 heavy (non-hydrogen) atoms. The lowest BCUT2D eigenvalue weighted by Gasteiger charge is -2.29. The van der Waals surface area contributed by atoms with Crippen molar-refractivity contribution in [3.8, 4) is 23.7 Å². The Bertz CT molecular complexity index is 710. The van der Waals surface area contributed by atoms with E-state index >= 15 is 0 Å². The summed E-state index contributed by atoms with van der Waals surface area (Å²) in [7, 11) is 0. The number of hydrogen-bond donors (Lipinski definition) is 4. The molecule has 1 atom stereocenters. The van der Waals surface area contributed by atoms with Crippen molar-refractivity contribution < 1.29 is 14.8 Å². The van der Waals surface area contributed by atoms with Crippen molar-refractivity contribution in [3.63, 3.8) is 0 Å². The molecule has 0 aromatic heterocycles. The van der Waals surface area contributed by atoms with E-state index in [0.29, 0.717) is 5.56 Å². The lowest BCUT2D eigenvalue weighted by molar-refractivity contribution is -0.132. The molecule has 1 rings (SSSR count). The molecule has 0 heterocycles. The van der Waals surface area contributed by atoms with Crippen molar-refractivity contribution in [1.82, 2.24) is 10.8 Å². The van der Waals surface area contributed by atoms with Gasteiger partial charge in [0.25, 0.3) is 11.8 Å². The fourth-order valence-corrected chi connectivity index (χ4v) is 1.81. The van der Waals surface area contributed by atoms with E-state index in [1.807, 2.05) is 6.92 Å². The number of carbonyl (C=O) groups excluding carboxylic acids is 2. The third-order valence-corrected chi connectivity index (χ3v) is 3.07. The molecule has 5 N–H and O–H groups in total. The predicted octanol–water partition coefficient (Wildman–Crippen LogP) is 0.793. The highest BCUT2D eigenvalue weighted by molar-refractivity contribution is 5.97. The second-order valence-corrected chi connectivity index (χ2v) is 5.69. The summed E-state index contributed by atoms with van der Waals surface area (Å²) in [6, 6.07) is 5.46. The van der Waals surface area contributed by atoms with Crippen LogP contribution in [0.25, 0.3) is 0 Å². The Morgan fingerprint density at radius 2 is 1.88 bits per heavy atom. The molecule has 0 radical (unpaired) electrons. The van der Waals surface area contributed by atoms with Crippen LogP contribution in [0.5, 0.6) is 0 Å². The monoisotopic (exact) mass is 327 g/mol. The normalized spacial score (nSPS) is 11.2. The molecule has 0 spiro atoms. The number of benzene rings is 1. The first-order chi connectivity index (χ1) is 11.3. The molecule has 0 aliphatic carbocycles. The Hall–Kier alpha value is -2.80. The number of amides is 2. The van der Waals surface area contributed by atoms with Gasteiger partial charge in [-0.1, -0.05) is 18.8 Å². The van der Waals surface area contributed by atoms with Crippen LogP contribution in [-0.4, -0.2) is 28.6 Å². The van der Waals surface area contributed by atoms with E-state index in [-0.39, 0.29) is 0 Å². The highest BCUT2D eigenvalue weighted by atomic mass is 16.5. The minimum absolute atomic E-state index is 0.347. The quantitative estimate of drug-likeness (QED) is 0.373. The van der Waals surface area contributed by atoms with Gasteiger partial charge in [0.15, 0.2) is 0 Å². The third-order valence-electron chi connectivity index (χ3n) is 3.07. The Morgan fingerprint density at radius 1 is 1.25 bits per heavy atom. The zero-order valence-corrected chi connectivity index (χ0v) is 13.9. The van der Waals surface area contributed by atoms with Gasteiger partial charge in [-0.25, -0.2) is 5.48 Å². The molecule has 0 aliphatic heterocycles. The van der Waals surface area contributed by atoms with Crippen LogP contribution in [0, 0.1) is 23.7 Å². The van der Waals surface area contributed by atoms with Crippen LogP contribution < -0.4 is 16.5 Å². The second kappa shape index (κ2) is 8.73. The topological polar surface area (TPSA) is 104 Å². The molecule has 0 fully saturated rings. The lowest BCUT2D eigenvalue weighted by Crippen LogP contribution is -2.61. The molecule has 0 saturated carbocycles. The van der Waals surface area contributed by atoms with Crippen molar-refractivity contribution in [2.75, 3.05) is 0 Å². The molecule has 1 unspecified atom stereocenters. The van der Waals surface area contributed by atoms with Gasteiger partial charge in [-0.3, -0.25) is 14.8 Å². The van der Waals surface area contributed by atoms with Crippen LogP contribution in [0.3, 0.4) is 0 Å². The number of hydroxylamine groups is 1. The van der Waals surface area contributed by atoms with Crippen molar-refractivity contribution in [2.24, 2.45) is 5.73 Å². The van der Waals surface area contributed by atoms with E-state index < -0.39 is 23.4 Å². The number of nitrogens with one attached hydrogen (secondary N) is 2. The molecule has 6 nitrogen and oxygen atoms in total. The second-order valence-electron chi connectivity index (χ2n) is 5.69. The first-order valence-electron chi connectivity index (χ1n) is 7.42. The summed E-state index contributed by atoms with van der Waals surface area (Å²) in [5.74, 6) is 9.87. The Labute approximate surface area is 141 Å². The van der Waals surface area contributed by atoms with Gasteiger partial charge in [0.2, 0.25) is 0 Å². The molecule has 1 aromatic carbocycles. The lowest BCUT2D eigenvalue weighted by atomic mass is 9.95. The summed E-state index contributed by atoms with van der Waals surface area (Å²) in [4.78, 5) is 23.9. The van der Waals surface area contributed by atoms with E-state index in [2.05, 4.69) is 29.0 Å². The van der Waals surface area contributed by atoms with Gasteiger partial charge in [-0.15, -0.1) is 0 Å². The largest absolute Gasteiger partial charge is 0.338 e. The van der Waals surface area contributed by atoms with Gasteiger partial charge in [-0.2, -0.15) is 0 Å². The van der Waals surface area contributed by atoms with E-state index in [0.717, 1.165) is 12.0 Å². The summed E-state index contributed by atoms with van der Waals surface area (Å²) in [5.41, 5.74) is 7.40. The molecule has 2 amide bonds. The molecule has 0 saturated heterocycles. The standard InChI is InChI=1S/C18H21N3O3/c1-4-5-6-7-8-13-9-11-14(12-10-13)16(22)20-15(17(23)21-24)18(2,3)19/h9-12,15,24H,4,19H2,1-3H3,(H,20,22)(H,21,23). The number of nitrogens with two attached hydrogens (primary N) is 1. The van der Waals surface area contributed by atoms with Gasteiger partial charge in [0.05, 0.1) is 0 Å². The SMILES string of the molecule is CCC#CC#Cc1ccc(C(=O)NC(C(=O)NO)C(C)(C)N)cc1. The minimum atomic E-state index is -1.08. The summed E-state index contributed by atoms with van der Waals surface area (Å²) < 4.78 is 0. The maximum atomic E-state index is 12.2. The number of rotatable bonds is 4. The van der Waals surface area contributed by atoms with Crippen LogP contribution in [-0.2, 0) is 4.79 Å². The average Bonchev–Trinajstić information content (AvgIpc) is 2.55. The molecule has 6 heteroatoms. The summed E-state index contributed by atoms with van der Waals surface area (Å²) >= 11 is 0. The van der Waals surface area contributed by atoms with Crippen molar-refractivity contribution in [1.29, 1.82) is 0 Å². The fraction of sp³-hybridized carbons (Fsp3) is 0.333. The Kier molecular flexibility index (Phi) is 7.00. The smallest absolute Gasteiger partial charge is 0.267 e. The van der Waals surface area contributed by atoms with E-state index in [9.17, 15) is 9.59 Å². The van der Waals surface area contributed by atoms with Crippen molar-refractivity contribution in [3.05, 3.63) is 35.4 Å². The fourth-order valence-electron chi connectivity index (χ4n) is 1.81. The van der Waals surface area contributed by atoms with Crippen LogP contribution in [0.4, 0.5) is 0 Å². The van der Waals surface area contributed by atoms with Gasteiger partial charge >= 0.3 is 0 Å². The van der Waals surface area contributed by atoms with E-state index in [4.69, 9.17) is 10.9 Å². The van der Waals surface area contributed by atoms with Gasteiger partial charge < -0.3 is 11.1 Å². The summed E-state index contributed by atoms with van der Waals surface area (Å²) in [5, 5.41) is 11.3. The summed E-state index contributed by atoms with van der Waals surface area (Å²) in [6.07, 6.45) is 0.744. The van der Waals surface area contributed by atoms with Crippen LogP contribution in [0.15, 0.2) is 24.3 Å². The van der Waals surface area contributed by atoms with Crippen molar-refractivity contribution in [2.45, 2.75) is 38.8 Å². The predicted molar refractivity (Wildman–Crippen MR) is 90.8 cm³/mol. The first-order valence-corrected chi connectivity index (χ1v) is 7.42. The molecular weight excluding hydrogens is 306 g/mol. The van der Waals surface area contributed by atoms with Crippen LogP contribution in [0.2, 0.25) is 0 Å². The zero-order valence-electron chi connectivity index (χ0n) is 13.9. The van der Waals surface area contributed by atoms with E-state index in [1.54, 1.807) is 38.1 Å². The first kappa shape index (κ1) is 19.2. The number of carbonyl (C=O) groups is 2. The Balaban J connectivity index is 2.87. The molecular formula is C18H21N3O3. The maximum absolute atomic E-state index is 12.2. The third kappa shape index (κ3) is 5.77. The summed E-state index contributed by atoms with van der Waals surface area (Å²) in [6.45, 7) is 5.08. The van der Waals surface area contributed by atoms with Gasteiger partial charge in [0, 0.05) is 23.1 Å². The van der Waals surface area contributed by atoms with Gasteiger partial charge in [0.1, 0.15) is 6.04 Å². The maximum Gasteiger partial charge on any atom is 0.267 e. The average molecular weight is 327 g/mol. The molecule has 0 aliphatic rings.